The van der Waals surface area contributed by atoms with Crippen molar-refractivity contribution < 1.29 is 4.79 Å². The predicted molar refractivity (Wildman–Crippen MR) is 74.1 cm³/mol. The van der Waals surface area contributed by atoms with Crippen LogP contribution in [0.3, 0.4) is 0 Å². The molecule has 1 rings (SSSR count). The topological polar surface area (TPSA) is 17.1 Å². The number of hydrogen-bond donors (Lipinski definition) is 0. The van der Waals surface area contributed by atoms with Gasteiger partial charge in [0.15, 0.2) is 0 Å². The van der Waals surface area contributed by atoms with Gasteiger partial charge in [0, 0.05) is 12.8 Å². The highest BCUT2D eigenvalue weighted by Gasteiger charge is 2.21. The predicted octanol–water partition coefficient (Wildman–Crippen LogP) is 5.13. The molecule has 0 amide bonds. The van der Waals surface area contributed by atoms with Crippen LogP contribution < -0.4 is 0 Å². The summed E-state index contributed by atoms with van der Waals surface area (Å²) >= 11 is 0. The van der Waals surface area contributed by atoms with Crippen molar-refractivity contribution in [2.45, 2.75) is 84.5 Å². The van der Waals surface area contributed by atoms with Crippen molar-refractivity contribution in [2.75, 3.05) is 0 Å². The van der Waals surface area contributed by atoms with Crippen LogP contribution in [0.5, 0.6) is 0 Å². The van der Waals surface area contributed by atoms with Crippen LogP contribution in [0.1, 0.15) is 84.5 Å². The number of unbranched alkanes of at least 4 members (excludes halogenated alkanes) is 4. The second kappa shape index (κ2) is 8.72. The molecule has 0 N–H and O–H groups in total. The second-order valence-corrected chi connectivity index (χ2v) is 6.03. The molecule has 1 aliphatic carbocycles. The molecule has 0 aromatic heterocycles. The summed E-state index contributed by atoms with van der Waals surface area (Å²) in [6.45, 7) is 4.65. The van der Waals surface area contributed by atoms with Crippen LogP contribution in [0.15, 0.2) is 0 Å². The van der Waals surface area contributed by atoms with Gasteiger partial charge < -0.3 is 0 Å². The van der Waals surface area contributed by atoms with Crippen molar-refractivity contribution in [2.24, 2.45) is 11.8 Å². The number of hydrogen-bond acceptors (Lipinski definition) is 1. The van der Waals surface area contributed by atoms with Crippen LogP contribution in [0.2, 0.25) is 0 Å². The van der Waals surface area contributed by atoms with E-state index in [9.17, 15) is 4.79 Å². The smallest absolute Gasteiger partial charge is 0.133 e. The molecule has 1 fully saturated rings. The fourth-order valence-electron chi connectivity index (χ4n) is 2.90. The molecule has 0 aliphatic heterocycles. The van der Waals surface area contributed by atoms with Gasteiger partial charge in [0.1, 0.15) is 5.78 Å². The lowest BCUT2D eigenvalue weighted by Gasteiger charge is -2.14. The molecule has 0 radical (unpaired) electrons. The van der Waals surface area contributed by atoms with E-state index in [4.69, 9.17) is 0 Å². The molecule has 0 aromatic carbocycles. The number of ketones is 1. The maximum absolute atomic E-state index is 11.2. The molecule has 2 atom stereocenters. The zero-order chi connectivity index (χ0) is 12.5. The number of carbonyl (C=O) groups excluding carboxylic acids is 1. The zero-order valence-corrected chi connectivity index (χ0v) is 11.8. The molecule has 0 spiro atoms. The van der Waals surface area contributed by atoms with Crippen LogP contribution in [-0.4, -0.2) is 5.78 Å². The van der Waals surface area contributed by atoms with Gasteiger partial charge in [-0.15, -0.1) is 0 Å². The van der Waals surface area contributed by atoms with E-state index in [2.05, 4.69) is 13.8 Å². The van der Waals surface area contributed by atoms with E-state index in [1.54, 1.807) is 0 Å². The Morgan fingerprint density at radius 3 is 2.59 bits per heavy atom. The Bertz CT molecular complexity index is 210. The third-order valence-electron chi connectivity index (χ3n) is 4.22. The van der Waals surface area contributed by atoms with Gasteiger partial charge in [-0.2, -0.15) is 0 Å². The first kappa shape index (κ1) is 14.7. The van der Waals surface area contributed by atoms with E-state index in [1.807, 2.05) is 0 Å². The van der Waals surface area contributed by atoms with Crippen LogP contribution >= 0.6 is 0 Å². The lowest BCUT2D eigenvalue weighted by atomic mass is 9.92. The average Bonchev–Trinajstić information content (AvgIpc) is 2.72. The fraction of sp³-hybridized carbons (Fsp3) is 0.938. The minimum atomic E-state index is 0.502. The molecule has 1 aliphatic rings. The third kappa shape index (κ3) is 6.85. The van der Waals surface area contributed by atoms with E-state index in [-0.39, 0.29) is 0 Å². The van der Waals surface area contributed by atoms with Crippen LogP contribution in [-0.2, 0) is 4.79 Å². The quantitative estimate of drug-likeness (QED) is 0.509. The van der Waals surface area contributed by atoms with E-state index in [1.165, 1.54) is 57.8 Å². The molecule has 17 heavy (non-hydrogen) atoms. The molecule has 0 bridgehead atoms. The van der Waals surface area contributed by atoms with Crippen molar-refractivity contribution in [3.05, 3.63) is 0 Å². The first-order valence-corrected chi connectivity index (χ1v) is 7.74. The highest BCUT2D eigenvalue weighted by Crippen LogP contribution is 2.28. The number of carbonyl (C=O) groups is 1. The molecule has 1 nitrogen and oxygen atoms in total. The molecular formula is C16H30O. The van der Waals surface area contributed by atoms with Gasteiger partial charge in [0.05, 0.1) is 0 Å². The summed E-state index contributed by atoms with van der Waals surface area (Å²) in [6, 6.07) is 0. The SMILES string of the molecule is CCCCCCCC(C)CC[C@H]1CCC(=O)C1. The second-order valence-electron chi connectivity index (χ2n) is 6.03. The highest BCUT2D eigenvalue weighted by atomic mass is 16.1. The summed E-state index contributed by atoms with van der Waals surface area (Å²) in [5, 5.41) is 0. The van der Waals surface area contributed by atoms with E-state index in [0.29, 0.717) is 5.78 Å². The van der Waals surface area contributed by atoms with Gasteiger partial charge in [-0.1, -0.05) is 58.8 Å². The van der Waals surface area contributed by atoms with E-state index in [0.717, 1.165) is 24.7 Å². The summed E-state index contributed by atoms with van der Waals surface area (Å²) in [5.74, 6) is 2.10. The van der Waals surface area contributed by atoms with Crippen LogP contribution in [0.4, 0.5) is 0 Å². The van der Waals surface area contributed by atoms with Gasteiger partial charge in [-0.05, 0) is 24.7 Å². The van der Waals surface area contributed by atoms with Gasteiger partial charge in [0.2, 0.25) is 0 Å². The van der Waals surface area contributed by atoms with Crippen molar-refractivity contribution in [1.82, 2.24) is 0 Å². The molecule has 1 heteroatoms. The highest BCUT2D eigenvalue weighted by molar-refractivity contribution is 5.80. The van der Waals surface area contributed by atoms with Crippen molar-refractivity contribution in [3.63, 3.8) is 0 Å². The molecule has 0 heterocycles. The Kier molecular flexibility index (Phi) is 7.55. The largest absolute Gasteiger partial charge is 0.300 e. The molecule has 100 valence electrons. The Balaban J connectivity index is 1.94. The fourth-order valence-corrected chi connectivity index (χ4v) is 2.90. The summed E-state index contributed by atoms with van der Waals surface area (Å²) < 4.78 is 0. The normalized spacial score (nSPS) is 22.0. The lowest BCUT2D eigenvalue weighted by molar-refractivity contribution is -0.117. The van der Waals surface area contributed by atoms with E-state index < -0.39 is 0 Å². The third-order valence-corrected chi connectivity index (χ3v) is 4.22. The molecular weight excluding hydrogens is 208 g/mol. The lowest BCUT2D eigenvalue weighted by Crippen LogP contribution is -2.01. The summed E-state index contributed by atoms with van der Waals surface area (Å²) in [4.78, 5) is 11.2. The standard InChI is InChI=1S/C16H30O/c1-3-4-5-6-7-8-14(2)9-10-15-11-12-16(17)13-15/h14-15H,3-13H2,1-2H3/t14?,15-/m0/s1. The van der Waals surface area contributed by atoms with Crippen LogP contribution in [0.25, 0.3) is 0 Å². The molecule has 1 unspecified atom stereocenters. The average molecular weight is 238 g/mol. The minimum absolute atomic E-state index is 0.502. The summed E-state index contributed by atoms with van der Waals surface area (Å²) in [5.41, 5.74) is 0. The Morgan fingerprint density at radius 2 is 1.94 bits per heavy atom. The van der Waals surface area contributed by atoms with Gasteiger partial charge in [0.25, 0.3) is 0 Å². The number of rotatable bonds is 9. The molecule has 0 aromatic rings. The van der Waals surface area contributed by atoms with Crippen molar-refractivity contribution >= 4 is 5.78 Å². The maximum Gasteiger partial charge on any atom is 0.133 e. The van der Waals surface area contributed by atoms with Gasteiger partial charge in [-0.25, -0.2) is 0 Å². The van der Waals surface area contributed by atoms with Crippen LogP contribution in [0, 0.1) is 11.8 Å². The first-order chi connectivity index (χ1) is 8.22. The Hall–Kier alpha value is -0.330. The first-order valence-electron chi connectivity index (χ1n) is 7.74. The summed E-state index contributed by atoms with van der Waals surface area (Å²) in [7, 11) is 0. The van der Waals surface area contributed by atoms with Gasteiger partial charge >= 0.3 is 0 Å². The van der Waals surface area contributed by atoms with Crippen molar-refractivity contribution in [1.29, 1.82) is 0 Å². The van der Waals surface area contributed by atoms with E-state index >= 15 is 0 Å². The zero-order valence-electron chi connectivity index (χ0n) is 11.8. The van der Waals surface area contributed by atoms with Crippen molar-refractivity contribution in [3.8, 4) is 0 Å². The Labute approximate surface area is 107 Å². The number of Topliss-reactive ketones (excluding diaryl/α,β-unsaturated/α-hetero) is 1. The van der Waals surface area contributed by atoms with Gasteiger partial charge in [-0.3, -0.25) is 4.79 Å². The minimum Gasteiger partial charge on any atom is -0.300 e. The molecule has 0 saturated heterocycles. The summed E-state index contributed by atoms with van der Waals surface area (Å²) in [6.07, 6.45) is 13.9. The maximum atomic E-state index is 11.2. The monoisotopic (exact) mass is 238 g/mol. The molecule has 1 saturated carbocycles. The Morgan fingerprint density at radius 1 is 1.18 bits per heavy atom.